The Balaban J connectivity index is 1.44. The summed E-state index contributed by atoms with van der Waals surface area (Å²) in [5.41, 5.74) is 3.45. The number of ether oxygens (including phenoxy) is 2. The van der Waals surface area contributed by atoms with Crippen LogP contribution in [-0.2, 0) is 16.6 Å². The number of halogens is 1. The molecule has 6 aliphatic rings. The molecule has 5 fully saturated rings. The third-order valence-corrected chi connectivity index (χ3v) is 11.5. The molecule has 4 bridgehead atoms. The number of nitrogens with zero attached hydrogens (tertiary/aromatic N) is 1. The maximum absolute atomic E-state index is 7.19. The average molecular weight is 479 g/mol. The molecular formula is C22H28IN2O2-. The number of hydrogen-bond donors (Lipinski definition) is 1. The fourth-order valence-electron chi connectivity index (χ4n) is 7.46. The van der Waals surface area contributed by atoms with Gasteiger partial charge in [0.1, 0.15) is 0 Å². The summed E-state index contributed by atoms with van der Waals surface area (Å²) in [6.07, 6.45) is 7.89. The van der Waals surface area contributed by atoms with E-state index in [9.17, 15) is 0 Å². The minimum absolute atomic E-state index is 0.0355. The van der Waals surface area contributed by atoms with Crippen LogP contribution in [0, 0.1) is 11.8 Å². The summed E-state index contributed by atoms with van der Waals surface area (Å²) in [5.74, 6) is 2.67. The molecule has 4 nitrogen and oxygen atoms in total. The van der Waals surface area contributed by atoms with Crippen LogP contribution < -0.4 is 29.7 Å². The molecule has 3 heterocycles. The molecule has 146 valence electrons. The van der Waals surface area contributed by atoms with Gasteiger partial charge in [0.15, 0.2) is 0 Å². The summed E-state index contributed by atoms with van der Waals surface area (Å²) < 4.78 is 17.3. The summed E-state index contributed by atoms with van der Waals surface area (Å²) in [7, 11) is 1.81. The van der Waals surface area contributed by atoms with Crippen molar-refractivity contribution in [2.24, 2.45) is 11.8 Å². The Morgan fingerprint density at radius 1 is 1.30 bits per heavy atom. The minimum atomic E-state index is -0.0355. The number of alkyl halides is 1. The molecule has 2 saturated carbocycles. The van der Waals surface area contributed by atoms with E-state index in [-0.39, 0.29) is 32.5 Å². The van der Waals surface area contributed by atoms with Gasteiger partial charge in [-0.3, -0.25) is 0 Å². The van der Waals surface area contributed by atoms with Gasteiger partial charge < -0.3 is 0 Å². The van der Waals surface area contributed by atoms with Crippen molar-refractivity contribution in [2.75, 3.05) is 20.2 Å². The van der Waals surface area contributed by atoms with E-state index in [4.69, 9.17) is 9.47 Å². The van der Waals surface area contributed by atoms with Gasteiger partial charge in [-0.1, -0.05) is 0 Å². The van der Waals surface area contributed by atoms with E-state index < -0.39 is 0 Å². The van der Waals surface area contributed by atoms with Gasteiger partial charge in [0.05, 0.1) is 0 Å². The molecule has 5 unspecified atom stereocenters. The van der Waals surface area contributed by atoms with E-state index in [0.29, 0.717) is 22.1 Å². The molecule has 1 aromatic rings. The summed E-state index contributed by atoms with van der Waals surface area (Å²) in [6.45, 7) is 2.57. The Kier molecular flexibility index (Phi) is 3.29. The second kappa shape index (κ2) is 5.41. The zero-order chi connectivity index (χ0) is 17.8. The number of fused-ring (bicyclic) bond motifs is 1. The monoisotopic (exact) mass is 479 g/mol. The molecule has 0 spiro atoms. The second-order valence-corrected chi connectivity index (χ2v) is 12.1. The zero-order valence-corrected chi connectivity index (χ0v) is 18.1. The van der Waals surface area contributed by atoms with Crippen LogP contribution in [0.15, 0.2) is 18.2 Å². The van der Waals surface area contributed by atoms with Gasteiger partial charge in [-0.25, -0.2) is 0 Å². The van der Waals surface area contributed by atoms with Crippen molar-refractivity contribution in [2.45, 2.75) is 65.7 Å². The van der Waals surface area contributed by atoms with Crippen molar-refractivity contribution < 1.29 is 31.0 Å². The molecule has 6 atom stereocenters. The van der Waals surface area contributed by atoms with Crippen molar-refractivity contribution in [1.29, 1.82) is 0 Å². The molecule has 27 heavy (non-hydrogen) atoms. The third-order valence-electron chi connectivity index (χ3n) is 8.67. The molecule has 0 aromatic heterocycles. The van der Waals surface area contributed by atoms with Gasteiger partial charge in [0.25, 0.3) is 0 Å². The Labute approximate surface area is 172 Å². The van der Waals surface area contributed by atoms with Crippen molar-refractivity contribution >= 4 is 0 Å². The molecular weight excluding hydrogens is 451 g/mol. The average Bonchev–Trinajstić information content (AvgIpc) is 3.35. The first-order valence-corrected chi connectivity index (χ1v) is 13.0. The summed E-state index contributed by atoms with van der Waals surface area (Å²) >= 11 is -0.0355. The number of hydrogen-bond acceptors (Lipinski definition) is 4. The molecule has 0 radical (unpaired) electrons. The molecule has 3 aliphatic heterocycles. The van der Waals surface area contributed by atoms with Crippen LogP contribution in [0.3, 0.4) is 0 Å². The van der Waals surface area contributed by atoms with Crippen LogP contribution in [0.1, 0.15) is 43.2 Å². The third kappa shape index (κ3) is 1.91. The first kappa shape index (κ1) is 16.4. The van der Waals surface area contributed by atoms with E-state index in [1.54, 1.807) is 11.1 Å². The quantitative estimate of drug-likeness (QED) is 0.359. The van der Waals surface area contributed by atoms with Gasteiger partial charge in [0.2, 0.25) is 0 Å². The first-order chi connectivity index (χ1) is 13.2. The van der Waals surface area contributed by atoms with Crippen LogP contribution in [0.5, 0.6) is 5.75 Å². The van der Waals surface area contributed by atoms with Crippen molar-refractivity contribution in [3.63, 3.8) is 0 Å². The topological polar surface area (TPSA) is 33.7 Å². The summed E-state index contributed by atoms with van der Waals surface area (Å²) in [6, 6.07) is 8.21. The number of methoxy groups -OCH3 is 1. The number of nitrogens with one attached hydrogen (secondary N) is 1. The van der Waals surface area contributed by atoms with E-state index >= 15 is 0 Å². The Morgan fingerprint density at radius 3 is 3.07 bits per heavy atom. The molecule has 3 aliphatic carbocycles. The predicted octanol–water partition coefficient (Wildman–Crippen LogP) is -0.546. The summed E-state index contributed by atoms with van der Waals surface area (Å²) in [4.78, 5) is 2.86. The SMILES string of the molecule is COc1ccc2c(c1)C13CCN(CC4CC4)C(C2)C12CCC1N[I-][C@@H](O2)C13. The van der Waals surface area contributed by atoms with Crippen LogP contribution >= 0.6 is 0 Å². The second-order valence-electron chi connectivity index (χ2n) is 9.65. The molecule has 5 heteroatoms. The van der Waals surface area contributed by atoms with Crippen molar-refractivity contribution in [3.8, 4) is 5.75 Å². The van der Waals surface area contributed by atoms with E-state index in [2.05, 4.69) is 26.6 Å². The molecule has 1 aromatic carbocycles. The first-order valence-electron chi connectivity index (χ1n) is 10.7. The van der Waals surface area contributed by atoms with Crippen LogP contribution in [0.25, 0.3) is 0 Å². The molecule has 7 rings (SSSR count). The fourth-order valence-corrected chi connectivity index (χ4v) is 11.1. The van der Waals surface area contributed by atoms with E-state index in [1.165, 1.54) is 51.6 Å². The normalized spacial score (nSPS) is 47.1. The Morgan fingerprint density at radius 2 is 2.22 bits per heavy atom. The van der Waals surface area contributed by atoms with Gasteiger partial charge >= 0.3 is 172 Å². The molecule has 3 saturated heterocycles. The van der Waals surface area contributed by atoms with Gasteiger partial charge in [-0.15, -0.1) is 0 Å². The number of likely N-dealkylation sites (tertiary alicyclic amines) is 1. The van der Waals surface area contributed by atoms with Crippen molar-refractivity contribution in [3.05, 3.63) is 29.3 Å². The van der Waals surface area contributed by atoms with Crippen LogP contribution in [-0.4, -0.2) is 46.9 Å². The van der Waals surface area contributed by atoms with Gasteiger partial charge in [-0.05, 0) is 0 Å². The number of piperidine rings is 1. The maximum atomic E-state index is 7.19. The summed E-state index contributed by atoms with van der Waals surface area (Å²) in [5, 5.41) is 0. The van der Waals surface area contributed by atoms with E-state index in [1.807, 2.05) is 7.11 Å². The van der Waals surface area contributed by atoms with E-state index in [0.717, 1.165) is 11.7 Å². The Hall–Kier alpha value is -0.370. The number of benzene rings is 1. The Bertz CT molecular complexity index is 814. The molecule has 1 N–H and O–H groups in total. The van der Waals surface area contributed by atoms with Crippen LogP contribution in [0.4, 0.5) is 0 Å². The standard InChI is InChI=1S/C22H28IN2O2/c1-26-15-5-4-14-10-18-22-7-6-17-19(20(27-22)23-24-17)21(22,16(14)11-15)8-9-25(18)12-13-2-3-13/h4-5,11,13,17-20,24H,2-3,6-10,12H2,1H3/q-1/t17?,18?,19?,20-,21?,22?/m0/s1. The predicted molar refractivity (Wildman–Crippen MR) is 98.3 cm³/mol. The van der Waals surface area contributed by atoms with Gasteiger partial charge in [-0.2, -0.15) is 0 Å². The van der Waals surface area contributed by atoms with Crippen molar-refractivity contribution in [1.82, 2.24) is 8.43 Å². The number of rotatable bonds is 3. The molecule has 0 amide bonds. The van der Waals surface area contributed by atoms with Crippen LogP contribution in [0.2, 0.25) is 0 Å². The van der Waals surface area contributed by atoms with Gasteiger partial charge in [0, 0.05) is 0 Å². The fraction of sp³-hybridized carbons (Fsp3) is 0.727. The zero-order valence-electron chi connectivity index (χ0n) is 15.9.